The van der Waals surface area contributed by atoms with Gasteiger partial charge >= 0.3 is 6.18 Å². The fraction of sp³-hybridized carbons (Fsp3) is 0.421. The van der Waals surface area contributed by atoms with Gasteiger partial charge in [-0.2, -0.15) is 13.2 Å². The summed E-state index contributed by atoms with van der Waals surface area (Å²) in [5, 5.41) is 1.66. The van der Waals surface area contributed by atoms with E-state index in [1.165, 1.54) is 37.4 Å². The summed E-state index contributed by atoms with van der Waals surface area (Å²) in [4.78, 5) is 12.9. The maximum absolute atomic E-state index is 12.7. The number of thiophene rings is 1. The molecule has 11 heteroatoms. The van der Waals surface area contributed by atoms with Crippen LogP contribution in [0.5, 0.6) is 5.75 Å². The normalized spacial score (nSPS) is 11.9. The molecule has 0 atom stereocenters. The van der Waals surface area contributed by atoms with E-state index in [2.05, 4.69) is 0 Å². The molecule has 1 aromatic heterocycles. The average molecular weight is 465 g/mol. The Kier molecular flexibility index (Phi) is 8.13. The summed E-state index contributed by atoms with van der Waals surface area (Å²) < 4.78 is 69.8. The number of halogens is 3. The van der Waals surface area contributed by atoms with E-state index in [1.807, 2.05) is 6.92 Å². The monoisotopic (exact) mass is 464 g/mol. The van der Waals surface area contributed by atoms with E-state index in [1.54, 1.807) is 11.4 Å². The molecule has 2 rings (SSSR count). The molecule has 0 fully saturated rings. The molecule has 0 radical (unpaired) electrons. The van der Waals surface area contributed by atoms with Gasteiger partial charge in [-0.15, -0.1) is 11.3 Å². The van der Waals surface area contributed by atoms with Gasteiger partial charge in [0.2, 0.25) is 0 Å². The number of nitrogens with zero attached hydrogens (tertiary/aromatic N) is 2. The molecule has 2 aromatic rings. The minimum atomic E-state index is -4.48. The highest BCUT2D eigenvalue weighted by Gasteiger charge is 2.32. The summed E-state index contributed by atoms with van der Waals surface area (Å²) >= 11 is 1.10. The van der Waals surface area contributed by atoms with Gasteiger partial charge in [0, 0.05) is 13.6 Å². The topological polar surface area (TPSA) is 66.9 Å². The molecular formula is C19H23F3N2O4S2. The summed E-state index contributed by atoms with van der Waals surface area (Å²) in [5.41, 5.74) is 0.378. The van der Waals surface area contributed by atoms with Gasteiger partial charge in [0.25, 0.3) is 15.9 Å². The van der Waals surface area contributed by atoms with Crippen LogP contribution in [0.25, 0.3) is 0 Å². The molecule has 0 unspecified atom stereocenters. The molecule has 6 nitrogen and oxygen atoms in total. The zero-order valence-electron chi connectivity index (χ0n) is 16.6. The lowest BCUT2D eigenvalue weighted by atomic mass is 10.3. The maximum atomic E-state index is 12.7. The van der Waals surface area contributed by atoms with E-state index in [-0.39, 0.29) is 16.5 Å². The third-order valence-electron chi connectivity index (χ3n) is 4.18. The van der Waals surface area contributed by atoms with Crippen molar-refractivity contribution >= 4 is 33.0 Å². The first-order chi connectivity index (χ1) is 14.0. The van der Waals surface area contributed by atoms with E-state index in [4.69, 9.17) is 4.74 Å². The minimum absolute atomic E-state index is 0.00250. The van der Waals surface area contributed by atoms with Crippen molar-refractivity contribution in [3.05, 3.63) is 41.8 Å². The number of carbonyl (C=O) groups is 1. The van der Waals surface area contributed by atoms with Gasteiger partial charge in [-0.25, -0.2) is 8.42 Å². The third-order valence-corrected chi connectivity index (χ3v) is 7.34. The van der Waals surface area contributed by atoms with Crippen molar-refractivity contribution in [1.82, 2.24) is 4.90 Å². The van der Waals surface area contributed by atoms with Gasteiger partial charge in [0.15, 0.2) is 6.61 Å². The summed E-state index contributed by atoms with van der Waals surface area (Å²) in [7, 11) is -2.27. The van der Waals surface area contributed by atoms with Gasteiger partial charge in [-0.3, -0.25) is 9.10 Å². The number of rotatable bonds is 10. The summed E-state index contributed by atoms with van der Waals surface area (Å²) in [6, 6.07) is 9.06. The van der Waals surface area contributed by atoms with Crippen LogP contribution in [0.15, 0.2) is 46.0 Å². The van der Waals surface area contributed by atoms with Crippen LogP contribution >= 0.6 is 11.3 Å². The van der Waals surface area contributed by atoms with Crippen molar-refractivity contribution in [3.63, 3.8) is 0 Å². The molecule has 0 aliphatic heterocycles. The first-order valence-corrected chi connectivity index (χ1v) is 11.5. The number of anilines is 1. The minimum Gasteiger partial charge on any atom is -0.484 e. The summed E-state index contributed by atoms with van der Waals surface area (Å²) in [5.74, 6) is -0.515. The van der Waals surface area contributed by atoms with Crippen molar-refractivity contribution in [2.75, 3.05) is 31.0 Å². The van der Waals surface area contributed by atoms with Crippen LogP contribution in [0.3, 0.4) is 0 Å². The zero-order valence-corrected chi connectivity index (χ0v) is 18.2. The number of amides is 1. The zero-order chi connectivity index (χ0) is 22.4. The molecule has 0 saturated carbocycles. The van der Waals surface area contributed by atoms with Crippen molar-refractivity contribution in [1.29, 1.82) is 0 Å². The lowest BCUT2D eigenvalue weighted by Gasteiger charge is -2.24. The van der Waals surface area contributed by atoms with Crippen LogP contribution in [0, 0.1) is 0 Å². The Bertz CT molecular complexity index is 914. The van der Waals surface area contributed by atoms with Gasteiger partial charge in [-0.1, -0.05) is 19.4 Å². The third kappa shape index (κ3) is 6.63. The second-order valence-electron chi connectivity index (χ2n) is 6.47. The molecule has 166 valence electrons. The molecule has 0 aliphatic rings. The Hall–Kier alpha value is -2.27. The van der Waals surface area contributed by atoms with Crippen LogP contribution in [0.1, 0.15) is 19.8 Å². The predicted molar refractivity (Wildman–Crippen MR) is 109 cm³/mol. The molecule has 0 N–H and O–H groups in total. The number of hydrogen-bond donors (Lipinski definition) is 0. The standard InChI is InChI=1S/C19H23F3N2O4S2/c1-3-4-11-24(14-19(20,21)22)17(25)13-28-16-9-7-15(8-10-16)23(2)30(26,27)18-6-5-12-29-18/h5-10,12H,3-4,11,13-14H2,1-2H3. The van der Waals surface area contributed by atoms with Crippen LogP contribution in [0.4, 0.5) is 18.9 Å². The van der Waals surface area contributed by atoms with Crippen LogP contribution in [-0.4, -0.2) is 52.1 Å². The SMILES string of the molecule is CCCCN(CC(F)(F)F)C(=O)COc1ccc(N(C)S(=O)(=O)c2cccs2)cc1. The van der Waals surface area contributed by atoms with E-state index in [0.717, 1.165) is 20.5 Å². The Balaban J connectivity index is 2.00. The number of sulfonamides is 1. The number of carbonyl (C=O) groups excluding carboxylic acids is 1. The second-order valence-corrected chi connectivity index (χ2v) is 9.62. The van der Waals surface area contributed by atoms with Gasteiger partial charge in [0.05, 0.1) is 5.69 Å². The fourth-order valence-corrected chi connectivity index (χ4v) is 4.89. The average Bonchev–Trinajstić information content (AvgIpc) is 3.24. The highest BCUT2D eigenvalue weighted by molar-refractivity contribution is 7.94. The molecular weight excluding hydrogens is 441 g/mol. The van der Waals surface area contributed by atoms with Crippen molar-refractivity contribution in [2.45, 2.75) is 30.2 Å². The van der Waals surface area contributed by atoms with E-state index < -0.39 is 35.3 Å². The Morgan fingerprint density at radius 1 is 1.17 bits per heavy atom. The molecule has 0 saturated heterocycles. The van der Waals surface area contributed by atoms with E-state index in [9.17, 15) is 26.4 Å². The number of ether oxygens (including phenoxy) is 1. The van der Waals surface area contributed by atoms with Gasteiger partial charge in [0.1, 0.15) is 16.5 Å². The van der Waals surface area contributed by atoms with E-state index in [0.29, 0.717) is 18.5 Å². The van der Waals surface area contributed by atoms with Crippen molar-refractivity contribution < 1.29 is 31.1 Å². The number of hydrogen-bond acceptors (Lipinski definition) is 5. The molecule has 0 spiro atoms. The fourth-order valence-electron chi connectivity index (χ4n) is 2.53. The smallest absolute Gasteiger partial charge is 0.406 e. The van der Waals surface area contributed by atoms with Gasteiger partial charge in [-0.05, 0) is 42.1 Å². The Morgan fingerprint density at radius 3 is 2.37 bits per heavy atom. The summed E-state index contributed by atoms with van der Waals surface area (Å²) in [6.45, 7) is -0.0333. The molecule has 1 aromatic carbocycles. The molecule has 30 heavy (non-hydrogen) atoms. The Labute approximate surface area is 177 Å². The highest BCUT2D eigenvalue weighted by atomic mass is 32.2. The molecule has 0 aliphatic carbocycles. The lowest BCUT2D eigenvalue weighted by Crippen LogP contribution is -2.42. The van der Waals surface area contributed by atoms with Crippen LogP contribution < -0.4 is 9.04 Å². The lowest BCUT2D eigenvalue weighted by molar-refractivity contribution is -0.162. The largest absolute Gasteiger partial charge is 0.484 e. The van der Waals surface area contributed by atoms with E-state index >= 15 is 0 Å². The predicted octanol–water partition coefficient (Wildman–Crippen LogP) is 4.14. The van der Waals surface area contributed by atoms with Crippen molar-refractivity contribution in [3.8, 4) is 5.75 Å². The Morgan fingerprint density at radius 2 is 1.83 bits per heavy atom. The molecule has 0 bridgehead atoms. The second kappa shape index (κ2) is 10.2. The van der Waals surface area contributed by atoms with Crippen LogP contribution in [-0.2, 0) is 14.8 Å². The van der Waals surface area contributed by atoms with Crippen molar-refractivity contribution in [2.24, 2.45) is 0 Å². The molecule has 1 heterocycles. The number of benzene rings is 1. The van der Waals surface area contributed by atoms with Gasteiger partial charge < -0.3 is 9.64 Å². The molecule has 1 amide bonds. The quantitative estimate of drug-likeness (QED) is 0.530. The summed E-state index contributed by atoms with van der Waals surface area (Å²) in [6.07, 6.45) is -3.36. The maximum Gasteiger partial charge on any atom is 0.406 e. The number of unbranched alkanes of at least 4 members (excludes halogenated alkanes) is 1. The first kappa shape index (κ1) is 24.0. The highest BCUT2D eigenvalue weighted by Crippen LogP contribution is 2.26. The number of alkyl halides is 3. The first-order valence-electron chi connectivity index (χ1n) is 9.14. The van der Waals surface area contributed by atoms with Crippen LogP contribution in [0.2, 0.25) is 0 Å².